The molecule has 9 nitrogen and oxygen atoms in total. The standard InChI is InChI=1S/C22H26ClFN4O5S/c23-20-19(12-25-27-21(20)29)13-1-8-17(11-13)33-22(30)26-15-4-6-16(7-5-15)28-34(31,32)18-9-2-14(24)3-10-18/h2-3,9-10,12-13,15-17,28H,1,4-8,11H2,(H,26,30)(H,27,29)/t13?,15?,16?,17-/m1/s1. The summed E-state index contributed by atoms with van der Waals surface area (Å²) in [6, 6.07) is 4.32. The highest BCUT2D eigenvalue weighted by atomic mass is 35.5. The van der Waals surface area contributed by atoms with Crippen LogP contribution in [0.25, 0.3) is 0 Å². The van der Waals surface area contributed by atoms with Crippen LogP contribution in [-0.4, -0.2) is 42.9 Å². The maximum Gasteiger partial charge on any atom is 0.407 e. The summed E-state index contributed by atoms with van der Waals surface area (Å²) in [7, 11) is -3.73. The molecule has 4 rings (SSSR count). The molecule has 1 aromatic carbocycles. The smallest absolute Gasteiger partial charge is 0.407 e. The molecule has 12 heteroatoms. The van der Waals surface area contributed by atoms with Crippen molar-refractivity contribution in [3.05, 3.63) is 57.2 Å². The van der Waals surface area contributed by atoms with Gasteiger partial charge in [-0.2, -0.15) is 5.10 Å². The van der Waals surface area contributed by atoms with E-state index >= 15 is 0 Å². The molecule has 34 heavy (non-hydrogen) atoms. The number of halogens is 2. The van der Waals surface area contributed by atoms with E-state index in [-0.39, 0.29) is 34.0 Å². The van der Waals surface area contributed by atoms with E-state index in [1.165, 1.54) is 12.1 Å². The van der Waals surface area contributed by atoms with E-state index < -0.39 is 27.5 Å². The number of aromatic nitrogens is 2. The van der Waals surface area contributed by atoms with Crippen molar-refractivity contribution in [2.24, 2.45) is 0 Å². The van der Waals surface area contributed by atoms with Gasteiger partial charge in [-0.15, -0.1) is 0 Å². The van der Waals surface area contributed by atoms with Crippen molar-refractivity contribution in [2.75, 3.05) is 0 Å². The number of nitrogens with zero attached hydrogens (tertiary/aromatic N) is 1. The lowest BCUT2D eigenvalue weighted by Crippen LogP contribution is -2.44. The van der Waals surface area contributed by atoms with Crippen molar-refractivity contribution in [2.45, 2.75) is 73.9 Å². The Bertz CT molecular complexity index is 1180. The van der Waals surface area contributed by atoms with Gasteiger partial charge in [-0.05, 0) is 80.7 Å². The van der Waals surface area contributed by atoms with Gasteiger partial charge >= 0.3 is 6.09 Å². The minimum atomic E-state index is -3.73. The van der Waals surface area contributed by atoms with Crippen molar-refractivity contribution >= 4 is 27.7 Å². The molecule has 2 aromatic rings. The second kappa shape index (κ2) is 10.4. The average molecular weight is 513 g/mol. The fourth-order valence-corrected chi connectivity index (χ4v) is 6.17. The molecule has 1 aromatic heterocycles. The van der Waals surface area contributed by atoms with Gasteiger partial charge in [0, 0.05) is 12.1 Å². The Labute approximate surface area is 201 Å². The minimum absolute atomic E-state index is 0.00432. The largest absolute Gasteiger partial charge is 0.446 e. The number of hydrogen-bond acceptors (Lipinski definition) is 6. The lowest BCUT2D eigenvalue weighted by atomic mass is 9.92. The summed E-state index contributed by atoms with van der Waals surface area (Å²) in [6.45, 7) is 0. The van der Waals surface area contributed by atoms with E-state index in [0.29, 0.717) is 44.1 Å². The van der Waals surface area contributed by atoms with Crippen LogP contribution in [0.2, 0.25) is 5.02 Å². The zero-order valence-corrected chi connectivity index (χ0v) is 19.9. The molecule has 1 unspecified atom stereocenters. The van der Waals surface area contributed by atoms with E-state index in [9.17, 15) is 22.4 Å². The monoisotopic (exact) mass is 512 g/mol. The highest BCUT2D eigenvalue weighted by Gasteiger charge is 2.32. The molecule has 2 saturated carbocycles. The molecule has 2 aliphatic rings. The highest BCUT2D eigenvalue weighted by Crippen LogP contribution is 2.37. The van der Waals surface area contributed by atoms with Gasteiger partial charge in [0.1, 0.15) is 16.9 Å². The molecule has 184 valence electrons. The van der Waals surface area contributed by atoms with Crippen LogP contribution in [0.4, 0.5) is 9.18 Å². The maximum absolute atomic E-state index is 13.1. The number of carbonyl (C=O) groups excluding carboxylic acids is 1. The lowest BCUT2D eigenvalue weighted by Gasteiger charge is -2.29. The number of alkyl carbamates (subject to hydrolysis) is 1. The predicted molar refractivity (Wildman–Crippen MR) is 123 cm³/mol. The molecule has 0 saturated heterocycles. The fraction of sp³-hybridized carbons (Fsp3) is 0.500. The molecule has 0 spiro atoms. The van der Waals surface area contributed by atoms with Crippen molar-refractivity contribution < 1.29 is 22.3 Å². The third kappa shape index (κ3) is 5.94. The summed E-state index contributed by atoms with van der Waals surface area (Å²) < 4.78 is 46.2. The van der Waals surface area contributed by atoms with Gasteiger partial charge in [-0.3, -0.25) is 4.79 Å². The van der Waals surface area contributed by atoms with Gasteiger partial charge in [0.25, 0.3) is 5.56 Å². The van der Waals surface area contributed by atoms with Gasteiger partial charge in [0.2, 0.25) is 10.0 Å². The van der Waals surface area contributed by atoms with E-state index in [2.05, 4.69) is 20.2 Å². The number of carbonyl (C=O) groups is 1. The first-order valence-corrected chi connectivity index (χ1v) is 13.1. The second-order valence-corrected chi connectivity index (χ2v) is 10.9. The van der Waals surface area contributed by atoms with Crippen LogP contribution in [0, 0.1) is 5.82 Å². The van der Waals surface area contributed by atoms with Gasteiger partial charge in [-0.25, -0.2) is 27.4 Å². The van der Waals surface area contributed by atoms with Crippen molar-refractivity contribution in [3.8, 4) is 0 Å². The number of H-pyrrole nitrogens is 1. The zero-order chi connectivity index (χ0) is 24.3. The molecule has 0 bridgehead atoms. The van der Waals surface area contributed by atoms with Crippen LogP contribution in [-0.2, 0) is 14.8 Å². The number of ether oxygens (including phenoxy) is 1. The molecule has 1 amide bonds. The van der Waals surface area contributed by atoms with E-state index in [1.807, 2.05) is 0 Å². The summed E-state index contributed by atoms with van der Waals surface area (Å²) >= 11 is 6.09. The van der Waals surface area contributed by atoms with E-state index in [0.717, 1.165) is 18.6 Å². The topological polar surface area (TPSA) is 130 Å². The number of amides is 1. The van der Waals surface area contributed by atoms with Crippen LogP contribution in [0.3, 0.4) is 0 Å². The Hall–Kier alpha value is -2.50. The summed E-state index contributed by atoms with van der Waals surface area (Å²) in [6.07, 6.45) is 5.06. The normalized spacial score (nSPS) is 25.1. The van der Waals surface area contributed by atoms with Crippen molar-refractivity contribution in [1.29, 1.82) is 0 Å². The average Bonchev–Trinajstić information content (AvgIpc) is 3.25. The van der Waals surface area contributed by atoms with Gasteiger partial charge in [0.15, 0.2) is 0 Å². The first-order valence-electron chi connectivity index (χ1n) is 11.2. The zero-order valence-electron chi connectivity index (χ0n) is 18.3. The number of hydrogen-bond donors (Lipinski definition) is 3. The summed E-state index contributed by atoms with van der Waals surface area (Å²) in [4.78, 5) is 24.1. The molecule has 2 fully saturated rings. The van der Waals surface area contributed by atoms with Crippen LogP contribution >= 0.6 is 11.6 Å². The summed E-state index contributed by atoms with van der Waals surface area (Å²) in [5.41, 5.74) is 0.232. The quantitative estimate of drug-likeness (QED) is 0.545. The van der Waals surface area contributed by atoms with Crippen LogP contribution in [0.5, 0.6) is 0 Å². The first kappa shape index (κ1) is 24.6. The molecule has 2 aliphatic carbocycles. The molecule has 3 N–H and O–H groups in total. The summed E-state index contributed by atoms with van der Waals surface area (Å²) in [5, 5.41) is 9.09. The number of benzene rings is 1. The second-order valence-electron chi connectivity index (χ2n) is 8.77. The Kier molecular flexibility index (Phi) is 7.54. The van der Waals surface area contributed by atoms with Gasteiger partial charge < -0.3 is 10.1 Å². The number of rotatable bonds is 6. The molecule has 0 radical (unpaired) electrons. The predicted octanol–water partition coefficient (Wildman–Crippen LogP) is 3.21. The third-order valence-electron chi connectivity index (χ3n) is 6.42. The van der Waals surface area contributed by atoms with Gasteiger partial charge in [-0.1, -0.05) is 11.6 Å². The third-order valence-corrected chi connectivity index (χ3v) is 8.34. The lowest BCUT2D eigenvalue weighted by molar-refractivity contribution is 0.0948. The fourth-order valence-electron chi connectivity index (χ4n) is 4.62. The maximum atomic E-state index is 13.1. The molecule has 2 atom stereocenters. The van der Waals surface area contributed by atoms with Crippen molar-refractivity contribution in [3.63, 3.8) is 0 Å². The van der Waals surface area contributed by atoms with Crippen LogP contribution in [0.15, 0.2) is 40.2 Å². The molecular weight excluding hydrogens is 487 g/mol. The Morgan fingerprint density at radius 1 is 1.09 bits per heavy atom. The number of aromatic amines is 1. The van der Waals surface area contributed by atoms with Crippen LogP contribution in [0.1, 0.15) is 56.4 Å². The van der Waals surface area contributed by atoms with E-state index in [4.69, 9.17) is 16.3 Å². The summed E-state index contributed by atoms with van der Waals surface area (Å²) in [5.74, 6) is -0.494. The number of sulfonamides is 1. The first-order chi connectivity index (χ1) is 16.2. The Balaban J connectivity index is 1.22. The molecule has 0 aliphatic heterocycles. The van der Waals surface area contributed by atoms with Crippen molar-refractivity contribution in [1.82, 2.24) is 20.2 Å². The SMILES string of the molecule is O=C(NC1CCC(NS(=O)(=O)c2ccc(F)cc2)CC1)O[C@@H]1CCC(c2cn[nH]c(=O)c2Cl)C1. The van der Waals surface area contributed by atoms with Gasteiger partial charge in [0.05, 0.1) is 11.1 Å². The van der Waals surface area contributed by atoms with Crippen LogP contribution < -0.4 is 15.6 Å². The van der Waals surface area contributed by atoms with E-state index in [1.54, 1.807) is 6.20 Å². The molecular formula is C22H26ClFN4O5S. The highest BCUT2D eigenvalue weighted by molar-refractivity contribution is 7.89. The minimum Gasteiger partial charge on any atom is -0.446 e. The number of nitrogens with one attached hydrogen (secondary N) is 3. The Morgan fingerprint density at radius 2 is 1.76 bits per heavy atom. The molecule has 1 heterocycles. The Morgan fingerprint density at radius 3 is 2.47 bits per heavy atom.